The van der Waals surface area contributed by atoms with E-state index in [4.69, 9.17) is 0 Å². The van der Waals surface area contributed by atoms with Gasteiger partial charge in [0.2, 0.25) is 0 Å². The van der Waals surface area contributed by atoms with E-state index < -0.39 is 0 Å². The molecule has 0 spiro atoms. The zero-order valence-corrected chi connectivity index (χ0v) is 8.22. The van der Waals surface area contributed by atoms with E-state index in [1.807, 2.05) is 0 Å². The summed E-state index contributed by atoms with van der Waals surface area (Å²) in [6.07, 6.45) is 6.72. The Morgan fingerprint density at radius 1 is 1.08 bits per heavy atom. The van der Waals surface area contributed by atoms with Gasteiger partial charge in [-0.2, -0.15) is 0 Å². The molecule has 0 aromatic heterocycles. The number of Topliss-reactive ketones (excluding diaryl/α,β-unsaturated/α-hetero) is 1. The predicted octanol–water partition coefficient (Wildman–Crippen LogP) is 1.75. The number of carbonyl (C=O) groups is 1. The smallest absolute Gasteiger partial charge is 0.132 e. The second kappa shape index (κ2) is 4.23. The number of ketones is 1. The highest BCUT2D eigenvalue weighted by Gasteiger charge is 2.27. The average Bonchev–Trinajstić information content (AvgIpc) is 2.20. The second-order valence-corrected chi connectivity index (χ2v) is 4.48. The van der Waals surface area contributed by atoms with Gasteiger partial charge in [-0.15, -0.1) is 0 Å². The lowest BCUT2D eigenvalue weighted by Gasteiger charge is -2.32. The molecule has 1 atom stereocenters. The highest BCUT2D eigenvalue weighted by atomic mass is 16.1. The van der Waals surface area contributed by atoms with Gasteiger partial charge in [-0.05, 0) is 50.6 Å². The quantitative estimate of drug-likeness (QED) is 0.667. The van der Waals surface area contributed by atoms with Gasteiger partial charge in [0.15, 0.2) is 0 Å². The van der Waals surface area contributed by atoms with Crippen LogP contribution in [-0.2, 0) is 4.79 Å². The first-order valence-electron chi connectivity index (χ1n) is 5.58. The summed E-state index contributed by atoms with van der Waals surface area (Å²) >= 11 is 0. The highest BCUT2D eigenvalue weighted by Crippen LogP contribution is 2.31. The van der Waals surface area contributed by atoms with Crippen molar-refractivity contribution in [3.8, 4) is 0 Å². The maximum atomic E-state index is 11.1. The van der Waals surface area contributed by atoms with E-state index in [0.717, 1.165) is 37.5 Å². The Labute approximate surface area is 80.1 Å². The number of rotatable bonds is 1. The first kappa shape index (κ1) is 9.20. The molecule has 1 aliphatic carbocycles. The van der Waals surface area contributed by atoms with Crippen molar-refractivity contribution in [1.29, 1.82) is 0 Å². The Bertz CT molecular complexity index is 175. The third-order valence-corrected chi connectivity index (χ3v) is 3.59. The standard InChI is InChI=1S/C11H19NO/c13-11-5-3-9(4-6-11)10-2-1-7-12-8-10/h9-10,12H,1-8H2. The largest absolute Gasteiger partial charge is 0.316 e. The fraction of sp³-hybridized carbons (Fsp3) is 0.909. The molecule has 1 N–H and O–H groups in total. The average molecular weight is 181 g/mol. The minimum absolute atomic E-state index is 0.486. The molecule has 2 aliphatic rings. The fourth-order valence-electron chi connectivity index (χ4n) is 2.71. The van der Waals surface area contributed by atoms with Crippen LogP contribution in [0.2, 0.25) is 0 Å². The van der Waals surface area contributed by atoms with Crippen molar-refractivity contribution in [2.45, 2.75) is 38.5 Å². The third-order valence-electron chi connectivity index (χ3n) is 3.59. The highest BCUT2D eigenvalue weighted by molar-refractivity contribution is 5.79. The minimum Gasteiger partial charge on any atom is -0.316 e. The normalized spacial score (nSPS) is 32.0. The first-order valence-corrected chi connectivity index (χ1v) is 5.58. The van der Waals surface area contributed by atoms with Crippen LogP contribution in [0.1, 0.15) is 38.5 Å². The summed E-state index contributed by atoms with van der Waals surface area (Å²) in [5.41, 5.74) is 0. The predicted molar refractivity (Wildman–Crippen MR) is 52.6 cm³/mol. The molecule has 0 aromatic carbocycles. The summed E-state index contributed by atoms with van der Waals surface area (Å²) < 4.78 is 0. The molecule has 2 fully saturated rings. The Morgan fingerprint density at radius 3 is 2.46 bits per heavy atom. The minimum atomic E-state index is 0.486. The summed E-state index contributed by atoms with van der Waals surface area (Å²) in [6, 6.07) is 0. The van der Waals surface area contributed by atoms with Crippen LogP contribution in [0.5, 0.6) is 0 Å². The molecule has 1 heterocycles. The van der Waals surface area contributed by atoms with Gasteiger partial charge in [0.1, 0.15) is 5.78 Å². The lowest BCUT2D eigenvalue weighted by molar-refractivity contribution is -0.121. The summed E-state index contributed by atoms with van der Waals surface area (Å²) in [7, 11) is 0. The van der Waals surface area contributed by atoms with E-state index >= 15 is 0 Å². The molecule has 2 rings (SSSR count). The molecule has 74 valence electrons. The van der Waals surface area contributed by atoms with Crippen molar-refractivity contribution in [2.75, 3.05) is 13.1 Å². The van der Waals surface area contributed by atoms with E-state index in [0.29, 0.717) is 5.78 Å². The summed E-state index contributed by atoms with van der Waals surface area (Å²) in [4.78, 5) is 11.1. The lowest BCUT2D eigenvalue weighted by atomic mass is 9.76. The molecule has 1 saturated carbocycles. The number of nitrogens with one attached hydrogen (secondary N) is 1. The molecule has 0 amide bonds. The van der Waals surface area contributed by atoms with Crippen LogP contribution in [0, 0.1) is 11.8 Å². The van der Waals surface area contributed by atoms with E-state index in [-0.39, 0.29) is 0 Å². The van der Waals surface area contributed by atoms with E-state index in [1.165, 1.54) is 25.9 Å². The zero-order valence-electron chi connectivity index (χ0n) is 8.22. The van der Waals surface area contributed by atoms with Gasteiger partial charge < -0.3 is 5.32 Å². The van der Waals surface area contributed by atoms with E-state index in [1.54, 1.807) is 0 Å². The Balaban J connectivity index is 1.82. The fourth-order valence-corrected chi connectivity index (χ4v) is 2.71. The van der Waals surface area contributed by atoms with Crippen molar-refractivity contribution < 1.29 is 4.79 Å². The molecule has 1 unspecified atom stereocenters. The van der Waals surface area contributed by atoms with Crippen molar-refractivity contribution in [3.63, 3.8) is 0 Å². The van der Waals surface area contributed by atoms with Crippen LogP contribution in [-0.4, -0.2) is 18.9 Å². The van der Waals surface area contributed by atoms with Crippen molar-refractivity contribution in [1.82, 2.24) is 5.32 Å². The number of hydrogen-bond acceptors (Lipinski definition) is 2. The second-order valence-electron chi connectivity index (χ2n) is 4.48. The molecule has 2 nitrogen and oxygen atoms in total. The van der Waals surface area contributed by atoms with Crippen molar-refractivity contribution in [2.24, 2.45) is 11.8 Å². The molecule has 0 radical (unpaired) electrons. The van der Waals surface area contributed by atoms with Crippen LogP contribution in [0.25, 0.3) is 0 Å². The topological polar surface area (TPSA) is 29.1 Å². The van der Waals surface area contributed by atoms with Gasteiger partial charge in [0.05, 0.1) is 0 Å². The SMILES string of the molecule is O=C1CCC(C2CCCNC2)CC1. The van der Waals surface area contributed by atoms with Gasteiger partial charge in [-0.3, -0.25) is 4.79 Å². The molecule has 0 aromatic rings. The number of carbonyl (C=O) groups excluding carboxylic acids is 1. The van der Waals surface area contributed by atoms with Gasteiger partial charge >= 0.3 is 0 Å². The van der Waals surface area contributed by atoms with Crippen molar-refractivity contribution >= 4 is 5.78 Å². The Hall–Kier alpha value is -0.370. The van der Waals surface area contributed by atoms with Crippen LogP contribution in [0.4, 0.5) is 0 Å². The molecular formula is C11H19NO. The Kier molecular flexibility index (Phi) is 2.99. The molecule has 2 heteroatoms. The monoisotopic (exact) mass is 181 g/mol. The number of hydrogen-bond donors (Lipinski definition) is 1. The summed E-state index contributed by atoms with van der Waals surface area (Å²) in [5.74, 6) is 2.19. The van der Waals surface area contributed by atoms with Crippen LogP contribution >= 0.6 is 0 Å². The first-order chi connectivity index (χ1) is 6.36. The zero-order chi connectivity index (χ0) is 9.10. The van der Waals surface area contributed by atoms with Gasteiger partial charge in [-0.1, -0.05) is 0 Å². The molecule has 0 bridgehead atoms. The molecule has 13 heavy (non-hydrogen) atoms. The number of piperidine rings is 1. The van der Waals surface area contributed by atoms with E-state index in [9.17, 15) is 4.79 Å². The van der Waals surface area contributed by atoms with E-state index in [2.05, 4.69) is 5.32 Å². The van der Waals surface area contributed by atoms with Crippen LogP contribution in [0.15, 0.2) is 0 Å². The maximum Gasteiger partial charge on any atom is 0.132 e. The third kappa shape index (κ3) is 2.31. The molecule has 1 saturated heterocycles. The summed E-state index contributed by atoms with van der Waals surface area (Å²) in [6.45, 7) is 2.39. The van der Waals surface area contributed by atoms with Crippen LogP contribution < -0.4 is 5.32 Å². The molecular weight excluding hydrogens is 162 g/mol. The van der Waals surface area contributed by atoms with Gasteiger partial charge in [0, 0.05) is 12.8 Å². The van der Waals surface area contributed by atoms with Crippen molar-refractivity contribution in [3.05, 3.63) is 0 Å². The van der Waals surface area contributed by atoms with Gasteiger partial charge in [-0.25, -0.2) is 0 Å². The lowest BCUT2D eigenvalue weighted by Crippen LogP contribution is -2.35. The van der Waals surface area contributed by atoms with Gasteiger partial charge in [0.25, 0.3) is 0 Å². The van der Waals surface area contributed by atoms with Crippen LogP contribution in [0.3, 0.4) is 0 Å². The maximum absolute atomic E-state index is 11.1. The Morgan fingerprint density at radius 2 is 1.85 bits per heavy atom. The molecule has 1 aliphatic heterocycles. The summed E-state index contributed by atoms with van der Waals surface area (Å²) in [5, 5.41) is 3.46.